The zero-order valence-electron chi connectivity index (χ0n) is 26.3. The van der Waals surface area contributed by atoms with Gasteiger partial charge in [0.25, 0.3) is 0 Å². The molecule has 0 spiro atoms. The Morgan fingerprint density at radius 1 is 0.605 bits per heavy atom. The fourth-order valence-corrected chi connectivity index (χ4v) is 5.23. The summed E-state index contributed by atoms with van der Waals surface area (Å²) in [4.78, 5) is 0. The molecule has 0 amide bonds. The molecule has 0 heterocycles. The van der Waals surface area contributed by atoms with E-state index in [2.05, 4.69) is 150 Å². The van der Waals surface area contributed by atoms with E-state index in [1.165, 1.54) is 66.1 Å². The molecule has 2 radical (unpaired) electrons. The summed E-state index contributed by atoms with van der Waals surface area (Å²) in [5, 5.41) is 5.43. The average molecular weight is 701 g/mol. The summed E-state index contributed by atoms with van der Waals surface area (Å²) in [5.41, 5.74) is 10.9. The summed E-state index contributed by atoms with van der Waals surface area (Å²) in [7, 11) is 11.0. The molecule has 0 bridgehead atoms. The fourth-order valence-electron chi connectivity index (χ4n) is 5.23. The minimum absolute atomic E-state index is 0.826. The Morgan fingerprint density at radius 2 is 1.02 bits per heavy atom. The van der Waals surface area contributed by atoms with Crippen LogP contribution in [0.2, 0.25) is 13.1 Å². The van der Waals surface area contributed by atoms with Gasteiger partial charge in [0, 0.05) is 9.52 Å². The molecule has 0 aliphatic rings. The van der Waals surface area contributed by atoms with Crippen LogP contribution in [0.1, 0.15) is 43.0 Å². The predicted octanol–water partition coefficient (Wildman–Crippen LogP) is 12.6. The molecule has 6 aromatic carbocycles. The number of aryl methyl sites for hydroxylation is 4. The average Bonchev–Trinajstić information content (AvgIpc) is 3.65. The third kappa shape index (κ3) is 9.89. The second kappa shape index (κ2) is 18.6. The van der Waals surface area contributed by atoms with Crippen LogP contribution in [0.4, 0.5) is 0 Å². The van der Waals surface area contributed by atoms with Gasteiger partial charge in [0.2, 0.25) is 0 Å². The van der Waals surface area contributed by atoms with Gasteiger partial charge in [-0.25, -0.2) is 0 Å². The molecule has 0 fully saturated rings. The normalized spacial score (nSPS) is 10.1. The molecule has 43 heavy (non-hydrogen) atoms. The first-order valence-electron chi connectivity index (χ1n) is 15.0. The molecule has 6 aromatic rings. The summed E-state index contributed by atoms with van der Waals surface area (Å²) in [5.74, 6) is 0. The fraction of sp³-hybridized carbons (Fsp3) is 0.231. The van der Waals surface area contributed by atoms with Crippen LogP contribution in [0.15, 0.2) is 109 Å². The Labute approximate surface area is 280 Å². The van der Waals surface area contributed by atoms with E-state index >= 15 is 0 Å². The van der Waals surface area contributed by atoms with E-state index < -0.39 is 20.8 Å². The van der Waals surface area contributed by atoms with Crippen LogP contribution < -0.4 is 0 Å². The van der Waals surface area contributed by atoms with Gasteiger partial charge in [-0.05, 0) is 41.5 Å². The molecular formula is C39H42Cl2SiZr. The number of fused-ring (bicyclic) bond motifs is 2. The Kier molecular flexibility index (Phi) is 15.2. The molecule has 0 saturated heterocycles. The molecule has 0 nitrogen and oxygen atoms in total. The van der Waals surface area contributed by atoms with Crippen molar-refractivity contribution in [3.05, 3.63) is 131 Å². The summed E-state index contributed by atoms with van der Waals surface area (Å²) >= 11 is -0.826. The van der Waals surface area contributed by atoms with Gasteiger partial charge < -0.3 is 0 Å². The van der Waals surface area contributed by atoms with Crippen molar-refractivity contribution in [3.8, 4) is 22.3 Å². The molecule has 6 rings (SSSR count). The first-order valence-corrected chi connectivity index (χ1v) is 23.3. The van der Waals surface area contributed by atoms with Gasteiger partial charge in [-0.1, -0.05) is 113 Å². The molecule has 0 aliphatic carbocycles. The summed E-state index contributed by atoms with van der Waals surface area (Å²) < 4.78 is 0. The number of hydrogen-bond donors (Lipinski definition) is 0. The quantitative estimate of drug-likeness (QED) is 0.124. The van der Waals surface area contributed by atoms with Gasteiger partial charge in [0.05, 0.1) is 0 Å². The second-order valence-electron chi connectivity index (χ2n) is 10.5. The topological polar surface area (TPSA) is 0 Å². The molecule has 220 valence electrons. The van der Waals surface area contributed by atoms with Crippen molar-refractivity contribution in [1.29, 1.82) is 0 Å². The van der Waals surface area contributed by atoms with Crippen molar-refractivity contribution < 1.29 is 20.8 Å². The number of halogens is 2. The van der Waals surface area contributed by atoms with Crippen LogP contribution in [0, 0.1) is 6.92 Å². The first-order chi connectivity index (χ1) is 20.9. The van der Waals surface area contributed by atoms with Crippen LogP contribution in [0.5, 0.6) is 0 Å². The molecule has 0 aromatic heterocycles. The number of rotatable bonds is 5. The number of hydrogen-bond acceptors (Lipinski definition) is 0. The van der Waals surface area contributed by atoms with Crippen molar-refractivity contribution in [2.45, 2.75) is 60.1 Å². The van der Waals surface area contributed by atoms with E-state index in [4.69, 9.17) is 17.0 Å². The Balaban J connectivity index is 0.000000200. The van der Waals surface area contributed by atoms with Crippen molar-refractivity contribution in [2.24, 2.45) is 0 Å². The van der Waals surface area contributed by atoms with Crippen LogP contribution >= 0.6 is 17.0 Å². The van der Waals surface area contributed by atoms with Crippen LogP contribution in [-0.2, 0) is 40.1 Å². The second-order valence-corrected chi connectivity index (χ2v) is 15.3. The van der Waals surface area contributed by atoms with Crippen molar-refractivity contribution in [2.75, 3.05) is 0 Å². The molecule has 0 unspecified atom stereocenters. The predicted molar refractivity (Wildman–Crippen MR) is 192 cm³/mol. The van der Waals surface area contributed by atoms with Gasteiger partial charge in [-0.15, -0.1) is 69.1 Å². The van der Waals surface area contributed by atoms with E-state index in [1.54, 1.807) is 0 Å². The molecule has 0 N–H and O–H groups in total. The maximum absolute atomic E-state index is 4.93. The Bertz CT molecular complexity index is 1660. The number of benzene rings is 4. The summed E-state index contributed by atoms with van der Waals surface area (Å²) in [6.45, 7) is 13.1. The van der Waals surface area contributed by atoms with E-state index in [1.807, 2.05) is 0 Å². The van der Waals surface area contributed by atoms with Gasteiger partial charge >= 0.3 is 37.9 Å². The SMILES string of the molecule is CCc1ccc(-c2cccc3[cH-]c(C)cc23)cc1.CCc1ccc(-c2cccc3[cH-]c(CC)cc23)cc1.C[Si]C.[Cl][Zr+2][Cl]. The van der Waals surface area contributed by atoms with Crippen molar-refractivity contribution in [3.63, 3.8) is 0 Å². The van der Waals surface area contributed by atoms with Crippen LogP contribution in [0.3, 0.4) is 0 Å². The molecule has 0 saturated carbocycles. The van der Waals surface area contributed by atoms with Gasteiger partial charge in [0.15, 0.2) is 0 Å². The van der Waals surface area contributed by atoms with Gasteiger partial charge in [-0.2, -0.15) is 12.1 Å². The summed E-state index contributed by atoms with van der Waals surface area (Å²) in [6, 6.07) is 40.2. The zero-order chi connectivity index (χ0) is 31.2. The van der Waals surface area contributed by atoms with E-state index in [9.17, 15) is 0 Å². The molecule has 4 heteroatoms. The third-order valence-corrected chi connectivity index (χ3v) is 7.46. The molecule has 0 atom stereocenters. The van der Waals surface area contributed by atoms with E-state index in [-0.39, 0.29) is 0 Å². The molecule has 0 aliphatic heterocycles. The first kappa shape index (κ1) is 35.3. The standard InChI is InChI=1S/C19H19.C18H17.C2H6Si.2ClH.Zr/c1-3-14-8-10-16(11-9-14)18-7-5-6-17-12-15(4-2)13-19(17)18;1-3-14-7-9-15(10-8-14)17-6-4-5-16-11-13(2)12-18(16)17;1-3-2;;;/h5-13H,3-4H2,1-2H3;4-12H,3H2,1-2H3;1-2H3;2*1H;/q2*-1;;;;+4/p-2. The van der Waals surface area contributed by atoms with Crippen molar-refractivity contribution >= 4 is 48.1 Å². The monoisotopic (exact) mass is 698 g/mol. The third-order valence-electron chi connectivity index (χ3n) is 7.46. The van der Waals surface area contributed by atoms with E-state index in [0.717, 1.165) is 28.8 Å². The van der Waals surface area contributed by atoms with Gasteiger partial charge in [0.1, 0.15) is 0 Å². The van der Waals surface area contributed by atoms with Crippen LogP contribution in [0.25, 0.3) is 43.8 Å². The van der Waals surface area contributed by atoms with Crippen molar-refractivity contribution in [1.82, 2.24) is 0 Å². The zero-order valence-corrected chi connectivity index (χ0v) is 31.2. The van der Waals surface area contributed by atoms with E-state index in [0.29, 0.717) is 0 Å². The Hall–Kier alpha value is -2.22. The minimum atomic E-state index is -0.826. The van der Waals surface area contributed by atoms with Gasteiger partial charge in [-0.3, -0.25) is 0 Å². The Morgan fingerprint density at radius 3 is 1.44 bits per heavy atom. The van der Waals surface area contributed by atoms with Crippen LogP contribution in [-0.4, -0.2) is 9.52 Å². The summed E-state index contributed by atoms with van der Waals surface area (Å²) in [6.07, 6.45) is 3.30. The maximum atomic E-state index is 4.93. The molecular weight excluding hydrogens is 659 g/mol.